The highest BCUT2D eigenvalue weighted by Crippen LogP contribution is 2.38. The third-order valence-electron chi connectivity index (χ3n) is 3.78. The summed E-state index contributed by atoms with van der Waals surface area (Å²) in [5, 5.41) is 0. The van der Waals surface area contributed by atoms with Crippen molar-refractivity contribution in [2.75, 3.05) is 0 Å². The average molecular weight is 273 g/mol. The molecule has 2 rings (SSSR count). The first kappa shape index (κ1) is 14.3. The number of nitrogens with two attached hydrogens (primary N) is 1. The van der Waals surface area contributed by atoms with Gasteiger partial charge in [0.15, 0.2) is 0 Å². The molecular weight excluding hydrogens is 255 g/mol. The van der Waals surface area contributed by atoms with Crippen molar-refractivity contribution >= 4 is 0 Å². The Hall–Kier alpha value is -1.14. The van der Waals surface area contributed by atoms with Gasteiger partial charge in [0.2, 0.25) is 0 Å². The molecule has 1 fully saturated rings. The summed E-state index contributed by atoms with van der Waals surface area (Å²) in [5.74, 6) is 5.90. The molecule has 0 aliphatic heterocycles. The van der Waals surface area contributed by atoms with E-state index in [1.807, 2.05) is 0 Å². The molecule has 1 aromatic rings. The Balaban J connectivity index is 2.22. The van der Waals surface area contributed by atoms with E-state index in [0.717, 1.165) is 37.9 Å². The first-order valence-electron chi connectivity index (χ1n) is 6.49. The Morgan fingerprint density at radius 2 is 2.05 bits per heavy atom. The van der Waals surface area contributed by atoms with Gasteiger partial charge in [-0.05, 0) is 18.4 Å². The van der Waals surface area contributed by atoms with Crippen LogP contribution in [0.2, 0.25) is 0 Å². The molecule has 106 valence electrons. The number of nitrogens with one attached hydrogen (secondary N) is 1. The predicted octanol–water partition coefficient (Wildman–Crippen LogP) is 3.19. The number of rotatable bonds is 4. The summed E-state index contributed by atoms with van der Waals surface area (Å²) in [6.07, 6.45) is 3.13. The number of halogens is 3. The summed E-state index contributed by atoms with van der Waals surface area (Å²) in [5.41, 5.74) is 2.01. The standard InChI is InChI=1S/C13H18F3N3/c14-13(15,16)11-5-6-18-8-10(11)12(19-17)7-9-3-1-2-4-9/h5-6,8-9,12,19H,1-4,7,17H2. The normalized spacial score (nSPS) is 18.7. The van der Waals surface area contributed by atoms with Crippen LogP contribution in [0.5, 0.6) is 0 Å². The van der Waals surface area contributed by atoms with E-state index in [1.165, 1.54) is 6.20 Å². The highest BCUT2D eigenvalue weighted by molar-refractivity contribution is 5.29. The van der Waals surface area contributed by atoms with Gasteiger partial charge in [0.25, 0.3) is 0 Å². The van der Waals surface area contributed by atoms with Crippen molar-refractivity contribution in [2.24, 2.45) is 11.8 Å². The van der Waals surface area contributed by atoms with Gasteiger partial charge in [-0.3, -0.25) is 16.3 Å². The van der Waals surface area contributed by atoms with E-state index in [0.29, 0.717) is 12.3 Å². The average Bonchev–Trinajstić information content (AvgIpc) is 2.88. The molecule has 1 unspecified atom stereocenters. The Kier molecular flexibility index (Phi) is 4.42. The highest BCUT2D eigenvalue weighted by Gasteiger charge is 2.35. The summed E-state index contributed by atoms with van der Waals surface area (Å²) in [6, 6.07) is 0.516. The van der Waals surface area contributed by atoms with Crippen molar-refractivity contribution in [2.45, 2.75) is 44.3 Å². The largest absolute Gasteiger partial charge is 0.416 e. The van der Waals surface area contributed by atoms with Crippen LogP contribution < -0.4 is 11.3 Å². The first-order chi connectivity index (χ1) is 9.02. The molecule has 1 saturated carbocycles. The molecule has 3 N–H and O–H groups in total. The number of nitrogens with zero attached hydrogens (tertiary/aromatic N) is 1. The summed E-state index contributed by atoms with van der Waals surface area (Å²) >= 11 is 0. The first-order valence-corrected chi connectivity index (χ1v) is 6.49. The van der Waals surface area contributed by atoms with Crippen LogP contribution >= 0.6 is 0 Å². The summed E-state index contributed by atoms with van der Waals surface area (Å²) < 4.78 is 38.9. The molecular formula is C13H18F3N3. The molecule has 6 heteroatoms. The van der Waals surface area contributed by atoms with Gasteiger partial charge in [0, 0.05) is 24.0 Å². The van der Waals surface area contributed by atoms with Gasteiger partial charge < -0.3 is 0 Å². The Bertz CT molecular complexity index is 414. The molecule has 1 heterocycles. The molecule has 3 nitrogen and oxygen atoms in total. The third kappa shape index (κ3) is 3.45. The lowest BCUT2D eigenvalue weighted by atomic mass is 9.92. The van der Waals surface area contributed by atoms with Crippen LogP contribution in [0.1, 0.15) is 49.3 Å². The molecule has 1 aliphatic carbocycles. The van der Waals surface area contributed by atoms with E-state index in [2.05, 4.69) is 10.4 Å². The van der Waals surface area contributed by atoms with Crippen LogP contribution in [-0.4, -0.2) is 4.98 Å². The lowest BCUT2D eigenvalue weighted by molar-refractivity contribution is -0.138. The van der Waals surface area contributed by atoms with Crippen molar-refractivity contribution in [1.82, 2.24) is 10.4 Å². The van der Waals surface area contributed by atoms with E-state index in [1.54, 1.807) is 0 Å². The van der Waals surface area contributed by atoms with Gasteiger partial charge in [0.05, 0.1) is 5.56 Å². The quantitative estimate of drug-likeness (QED) is 0.654. The molecule has 0 amide bonds. The number of aromatic nitrogens is 1. The lowest BCUT2D eigenvalue weighted by Gasteiger charge is -2.23. The minimum atomic E-state index is -4.37. The van der Waals surface area contributed by atoms with Crippen molar-refractivity contribution in [3.05, 3.63) is 29.6 Å². The summed E-state index contributed by atoms with van der Waals surface area (Å²) in [7, 11) is 0. The van der Waals surface area contributed by atoms with Crippen molar-refractivity contribution in [1.29, 1.82) is 0 Å². The molecule has 1 aromatic heterocycles. The highest BCUT2D eigenvalue weighted by atomic mass is 19.4. The fourth-order valence-electron chi connectivity index (χ4n) is 2.81. The van der Waals surface area contributed by atoms with Crippen LogP contribution in [0.3, 0.4) is 0 Å². The smallest absolute Gasteiger partial charge is 0.271 e. The lowest BCUT2D eigenvalue weighted by Crippen LogP contribution is -2.31. The Morgan fingerprint density at radius 3 is 2.63 bits per heavy atom. The van der Waals surface area contributed by atoms with Crippen molar-refractivity contribution in [3.63, 3.8) is 0 Å². The van der Waals surface area contributed by atoms with Crippen molar-refractivity contribution < 1.29 is 13.2 Å². The van der Waals surface area contributed by atoms with Gasteiger partial charge in [-0.1, -0.05) is 25.7 Å². The fourth-order valence-corrected chi connectivity index (χ4v) is 2.81. The maximum absolute atomic E-state index is 13.0. The summed E-state index contributed by atoms with van der Waals surface area (Å²) in [4.78, 5) is 3.81. The fraction of sp³-hybridized carbons (Fsp3) is 0.615. The number of hydrazine groups is 1. The van der Waals surface area contributed by atoms with Gasteiger partial charge in [-0.15, -0.1) is 0 Å². The number of alkyl halides is 3. The molecule has 19 heavy (non-hydrogen) atoms. The zero-order chi connectivity index (χ0) is 13.9. The van der Waals surface area contributed by atoms with Gasteiger partial charge in [0.1, 0.15) is 0 Å². The minimum absolute atomic E-state index is 0.143. The maximum atomic E-state index is 13.0. The van der Waals surface area contributed by atoms with Gasteiger partial charge in [-0.2, -0.15) is 13.2 Å². The third-order valence-corrected chi connectivity index (χ3v) is 3.78. The van der Waals surface area contributed by atoms with E-state index < -0.39 is 17.8 Å². The van der Waals surface area contributed by atoms with Crippen LogP contribution in [-0.2, 0) is 6.18 Å². The van der Waals surface area contributed by atoms with E-state index >= 15 is 0 Å². The molecule has 0 saturated heterocycles. The second-order valence-electron chi connectivity index (χ2n) is 5.07. The zero-order valence-corrected chi connectivity index (χ0v) is 10.6. The molecule has 0 radical (unpaired) electrons. The van der Waals surface area contributed by atoms with Crippen LogP contribution in [0.15, 0.2) is 18.5 Å². The van der Waals surface area contributed by atoms with E-state index in [9.17, 15) is 13.2 Å². The SMILES string of the molecule is NNC(CC1CCCC1)c1cnccc1C(F)(F)F. The topological polar surface area (TPSA) is 50.9 Å². The number of hydrogen-bond acceptors (Lipinski definition) is 3. The molecule has 1 atom stereocenters. The van der Waals surface area contributed by atoms with E-state index in [-0.39, 0.29) is 5.56 Å². The molecule has 0 aromatic carbocycles. The van der Waals surface area contributed by atoms with Crippen LogP contribution in [0.25, 0.3) is 0 Å². The second-order valence-corrected chi connectivity index (χ2v) is 5.07. The second kappa shape index (κ2) is 5.88. The van der Waals surface area contributed by atoms with Gasteiger partial charge >= 0.3 is 6.18 Å². The van der Waals surface area contributed by atoms with Crippen molar-refractivity contribution in [3.8, 4) is 0 Å². The van der Waals surface area contributed by atoms with Crippen LogP contribution in [0.4, 0.5) is 13.2 Å². The Morgan fingerprint density at radius 1 is 1.37 bits per heavy atom. The number of pyridine rings is 1. The molecule has 1 aliphatic rings. The monoisotopic (exact) mass is 273 g/mol. The minimum Gasteiger partial charge on any atom is -0.271 e. The Labute approximate surface area is 110 Å². The number of hydrogen-bond donors (Lipinski definition) is 2. The van der Waals surface area contributed by atoms with Crippen LogP contribution in [0, 0.1) is 5.92 Å². The summed E-state index contributed by atoms with van der Waals surface area (Å²) in [6.45, 7) is 0. The maximum Gasteiger partial charge on any atom is 0.416 e. The molecule has 0 bridgehead atoms. The molecule has 0 spiro atoms. The van der Waals surface area contributed by atoms with E-state index in [4.69, 9.17) is 5.84 Å². The predicted molar refractivity (Wildman–Crippen MR) is 65.9 cm³/mol. The van der Waals surface area contributed by atoms with Gasteiger partial charge in [-0.25, -0.2) is 0 Å². The zero-order valence-electron chi connectivity index (χ0n) is 10.6.